The highest BCUT2D eigenvalue weighted by atomic mass is 16.2. The van der Waals surface area contributed by atoms with Crippen LogP contribution >= 0.6 is 0 Å². The van der Waals surface area contributed by atoms with Gasteiger partial charge in [-0.2, -0.15) is 5.26 Å². The summed E-state index contributed by atoms with van der Waals surface area (Å²) in [4.78, 5) is 36.8. The fourth-order valence-electron chi connectivity index (χ4n) is 3.35. The standard InChI is InChI=1S/C23H20N8O/c1-14-17(11-24)4-6-19(29-14)13-31(15(2)21-26-8-3-9-27-21)23(32)18-10-16-5-7-20(25)30-22(16)28-12-18/h3-10,12,15H,13H2,1-2H3,(H2,25,28,30)/t15-/m1/s1. The van der Waals surface area contributed by atoms with Gasteiger partial charge in [0.25, 0.3) is 5.91 Å². The van der Waals surface area contributed by atoms with Gasteiger partial charge in [0, 0.05) is 24.0 Å². The Labute approximate surface area is 184 Å². The third-order valence-corrected chi connectivity index (χ3v) is 5.09. The maximum atomic E-state index is 13.6. The first-order valence-corrected chi connectivity index (χ1v) is 9.93. The minimum absolute atomic E-state index is 0.211. The average Bonchev–Trinajstić information content (AvgIpc) is 2.82. The molecule has 0 spiro atoms. The Hall–Kier alpha value is -4.45. The average molecular weight is 424 g/mol. The number of nitrogens with zero attached hydrogens (tertiary/aromatic N) is 7. The summed E-state index contributed by atoms with van der Waals surface area (Å²) in [6.07, 6.45) is 4.76. The van der Waals surface area contributed by atoms with Gasteiger partial charge in [-0.15, -0.1) is 0 Å². The molecule has 0 saturated heterocycles. The molecular formula is C23H20N8O. The summed E-state index contributed by atoms with van der Waals surface area (Å²) in [6, 6.07) is 12.0. The molecular weight excluding hydrogens is 404 g/mol. The maximum absolute atomic E-state index is 13.6. The van der Waals surface area contributed by atoms with E-state index in [9.17, 15) is 10.1 Å². The zero-order chi connectivity index (χ0) is 22.7. The molecule has 2 N–H and O–H groups in total. The number of hydrogen-bond acceptors (Lipinski definition) is 8. The molecule has 4 rings (SSSR count). The third-order valence-electron chi connectivity index (χ3n) is 5.09. The number of pyridine rings is 3. The molecule has 0 aromatic carbocycles. The lowest BCUT2D eigenvalue weighted by Gasteiger charge is -2.28. The molecule has 4 heterocycles. The van der Waals surface area contributed by atoms with Crippen LogP contribution in [0, 0.1) is 18.3 Å². The van der Waals surface area contributed by atoms with E-state index in [4.69, 9.17) is 5.73 Å². The van der Waals surface area contributed by atoms with Gasteiger partial charge in [0.05, 0.1) is 35.1 Å². The molecule has 9 nitrogen and oxygen atoms in total. The minimum atomic E-state index is -0.429. The highest BCUT2D eigenvalue weighted by Crippen LogP contribution is 2.23. The van der Waals surface area contributed by atoms with Crippen molar-refractivity contribution in [2.24, 2.45) is 0 Å². The van der Waals surface area contributed by atoms with E-state index in [0.29, 0.717) is 45.2 Å². The van der Waals surface area contributed by atoms with E-state index in [1.165, 1.54) is 6.20 Å². The highest BCUT2D eigenvalue weighted by Gasteiger charge is 2.26. The van der Waals surface area contributed by atoms with Crippen LogP contribution in [0.3, 0.4) is 0 Å². The van der Waals surface area contributed by atoms with Crippen LogP contribution in [0.2, 0.25) is 0 Å². The van der Waals surface area contributed by atoms with Crippen molar-refractivity contribution < 1.29 is 4.79 Å². The zero-order valence-corrected chi connectivity index (χ0v) is 17.6. The number of fused-ring (bicyclic) bond motifs is 1. The number of carbonyl (C=O) groups excluding carboxylic acids is 1. The predicted molar refractivity (Wildman–Crippen MR) is 118 cm³/mol. The number of nitriles is 1. The van der Waals surface area contributed by atoms with E-state index in [2.05, 4.69) is 31.0 Å². The molecule has 0 radical (unpaired) electrons. The van der Waals surface area contributed by atoms with Gasteiger partial charge in [0.1, 0.15) is 17.7 Å². The van der Waals surface area contributed by atoms with Crippen molar-refractivity contribution in [2.75, 3.05) is 5.73 Å². The maximum Gasteiger partial charge on any atom is 0.256 e. The lowest BCUT2D eigenvalue weighted by atomic mass is 10.1. The largest absolute Gasteiger partial charge is 0.384 e. The normalized spacial score (nSPS) is 11.7. The van der Waals surface area contributed by atoms with Gasteiger partial charge in [0.2, 0.25) is 0 Å². The second kappa shape index (κ2) is 8.73. The van der Waals surface area contributed by atoms with Crippen LogP contribution < -0.4 is 5.73 Å². The molecule has 0 aliphatic rings. The Kier molecular flexibility index (Phi) is 5.68. The van der Waals surface area contributed by atoms with Crippen LogP contribution in [-0.4, -0.2) is 35.7 Å². The minimum Gasteiger partial charge on any atom is -0.384 e. The molecule has 0 unspecified atom stereocenters. The predicted octanol–water partition coefficient (Wildman–Crippen LogP) is 2.98. The molecule has 158 valence electrons. The van der Waals surface area contributed by atoms with Crippen molar-refractivity contribution in [2.45, 2.75) is 26.4 Å². The van der Waals surface area contributed by atoms with Crippen LogP contribution in [0.5, 0.6) is 0 Å². The van der Waals surface area contributed by atoms with E-state index in [-0.39, 0.29) is 12.5 Å². The molecule has 1 atom stereocenters. The third kappa shape index (κ3) is 4.20. The number of hydrogen-bond donors (Lipinski definition) is 1. The highest BCUT2D eigenvalue weighted by molar-refractivity contribution is 5.97. The van der Waals surface area contributed by atoms with Gasteiger partial charge < -0.3 is 10.6 Å². The Morgan fingerprint density at radius 3 is 2.66 bits per heavy atom. The lowest BCUT2D eigenvalue weighted by Crippen LogP contribution is -2.34. The van der Waals surface area contributed by atoms with E-state index in [1.807, 2.05) is 6.92 Å². The summed E-state index contributed by atoms with van der Waals surface area (Å²) in [5, 5.41) is 9.89. The van der Waals surface area contributed by atoms with E-state index in [0.717, 1.165) is 0 Å². The summed E-state index contributed by atoms with van der Waals surface area (Å²) < 4.78 is 0. The Morgan fingerprint density at radius 2 is 1.94 bits per heavy atom. The Bertz CT molecular complexity index is 1330. The van der Waals surface area contributed by atoms with Crippen molar-refractivity contribution in [1.29, 1.82) is 5.26 Å². The second-order valence-corrected chi connectivity index (χ2v) is 7.27. The molecule has 0 bridgehead atoms. The molecule has 4 aromatic rings. The number of nitrogen functional groups attached to an aromatic ring is 1. The zero-order valence-electron chi connectivity index (χ0n) is 17.6. The van der Waals surface area contributed by atoms with E-state index >= 15 is 0 Å². The van der Waals surface area contributed by atoms with Crippen molar-refractivity contribution in [3.05, 3.63) is 83.3 Å². The number of carbonyl (C=O) groups is 1. The van der Waals surface area contributed by atoms with Crippen molar-refractivity contribution in [3.8, 4) is 6.07 Å². The lowest BCUT2D eigenvalue weighted by molar-refractivity contribution is 0.0663. The van der Waals surface area contributed by atoms with Gasteiger partial charge >= 0.3 is 0 Å². The molecule has 32 heavy (non-hydrogen) atoms. The Morgan fingerprint density at radius 1 is 1.16 bits per heavy atom. The van der Waals surface area contributed by atoms with Gasteiger partial charge in [-0.3, -0.25) is 9.78 Å². The van der Waals surface area contributed by atoms with Gasteiger partial charge in [-0.05, 0) is 50.2 Å². The number of nitrogens with two attached hydrogens (primary N) is 1. The van der Waals surface area contributed by atoms with Crippen molar-refractivity contribution in [3.63, 3.8) is 0 Å². The van der Waals surface area contributed by atoms with E-state index < -0.39 is 6.04 Å². The molecule has 0 saturated carbocycles. The summed E-state index contributed by atoms with van der Waals surface area (Å²) in [6.45, 7) is 3.84. The summed E-state index contributed by atoms with van der Waals surface area (Å²) >= 11 is 0. The topological polar surface area (TPSA) is 135 Å². The Balaban J connectivity index is 1.72. The van der Waals surface area contributed by atoms with Crippen LogP contribution in [0.4, 0.5) is 5.82 Å². The fraction of sp³-hybridized carbons (Fsp3) is 0.174. The van der Waals surface area contributed by atoms with Crippen molar-refractivity contribution in [1.82, 2.24) is 29.8 Å². The number of anilines is 1. The first-order valence-electron chi connectivity index (χ1n) is 9.93. The molecule has 0 fully saturated rings. The SMILES string of the molecule is Cc1nc(CN(C(=O)c2cnc3nc(N)ccc3c2)[C@H](C)c2ncccn2)ccc1C#N. The first-order chi connectivity index (χ1) is 15.5. The molecule has 0 aliphatic heterocycles. The van der Waals surface area contributed by atoms with Crippen LogP contribution in [0.1, 0.15) is 46.1 Å². The molecule has 0 aliphatic carbocycles. The van der Waals surface area contributed by atoms with Crippen LogP contribution in [-0.2, 0) is 6.54 Å². The molecule has 9 heteroatoms. The summed E-state index contributed by atoms with van der Waals surface area (Å²) in [5.74, 6) is 0.622. The van der Waals surface area contributed by atoms with Crippen molar-refractivity contribution >= 4 is 22.8 Å². The number of aromatic nitrogens is 5. The van der Waals surface area contributed by atoms with Gasteiger partial charge in [-0.25, -0.2) is 19.9 Å². The fourth-order valence-corrected chi connectivity index (χ4v) is 3.35. The number of amides is 1. The monoisotopic (exact) mass is 424 g/mol. The number of rotatable bonds is 5. The van der Waals surface area contributed by atoms with Gasteiger partial charge in [-0.1, -0.05) is 0 Å². The number of aryl methyl sites for hydroxylation is 1. The molecule has 1 amide bonds. The summed E-state index contributed by atoms with van der Waals surface area (Å²) in [7, 11) is 0. The smallest absolute Gasteiger partial charge is 0.256 e. The van der Waals surface area contributed by atoms with Gasteiger partial charge in [0.15, 0.2) is 5.65 Å². The molecule has 4 aromatic heterocycles. The van der Waals surface area contributed by atoms with Crippen LogP contribution in [0.25, 0.3) is 11.0 Å². The second-order valence-electron chi connectivity index (χ2n) is 7.27. The van der Waals surface area contributed by atoms with Crippen LogP contribution in [0.15, 0.2) is 55.0 Å². The summed E-state index contributed by atoms with van der Waals surface area (Å²) in [5.41, 5.74) is 8.35. The quantitative estimate of drug-likeness (QED) is 0.517. The van der Waals surface area contributed by atoms with E-state index in [1.54, 1.807) is 60.6 Å². The first kappa shape index (κ1) is 20.8.